The maximum Gasteiger partial charge on any atom is 0.274 e. The molecular formula is C14H12F2N2O2. The number of rotatable bonds is 4. The first-order valence-electron chi connectivity index (χ1n) is 5.91. The second kappa shape index (κ2) is 5.64. The lowest BCUT2D eigenvalue weighted by Gasteiger charge is -2.10. The molecule has 0 aromatic heterocycles. The van der Waals surface area contributed by atoms with E-state index >= 15 is 0 Å². The third-order valence-electron chi connectivity index (χ3n) is 2.93. The summed E-state index contributed by atoms with van der Waals surface area (Å²) in [5.74, 6) is -1.42. The first kappa shape index (κ1) is 13.9. The van der Waals surface area contributed by atoms with E-state index in [1.807, 2.05) is 0 Å². The minimum atomic E-state index is -0.730. The van der Waals surface area contributed by atoms with Crippen LogP contribution in [0.1, 0.15) is 11.1 Å². The van der Waals surface area contributed by atoms with Gasteiger partial charge in [0.2, 0.25) is 0 Å². The molecule has 0 aliphatic carbocycles. The molecule has 0 radical (unpaired) electrons. The van der Waals surface area contributed by atoms with Gasteiger partial charge in [-0.15, -0.1) is 0 Å². The van der Waals surface area contributed by atoms with E-state index in [0.717, 1.165) is 6.07 Å². The molecule has 0 saturated heterocycles. The van der Waals surface area contributed by atoms with Crippen LogP contribution in [0.25, 0.3) is 0 Å². The first-order valence-corrected chi connectivity index (χ1v) is 5.91. The summed E-state index contributed by atoms with van der Waals surface area (Å²) in [5, 5.41) is 13.4. The average Bonchev–Trinajstić information content (AvgIpc) is 2.43. The molecule has 0 fully saturated rings. The minimum Gasteiger partial charge on any atom is -0.376 e. The molecule has 0 atom stereocenters. The van der Waals surface area contributed by atoms with Crippen molar-refractivity contribution in [1.82, 2.24) is 0 Å². The maximum absolute atomic E-state index is 13.8. The summed E-state index contributed by atoms with van der Waals surface area (Å²) >= 11 is 0. The maximum atomic E-state index is 13.8. The van der Waals surface area contributed by atoms with Crippen molar-refractivity contribution in [3.8, 4) is 0 Å². The van der Waals surface area contributed by atoms with Crippen LogP contribution >= 0.6 is 0 Å². The van der Waals surface area contributed by atoms with E-state index in [9.17, 15) is 18.9 Å². The lowest BCUT2D eigenvalue weighted by atomic mass is 10.1. The highest BCUT2D eigenvalue weighted by Gasteiger charge is 2.15. The Hall–Kier alpha value is -2.50. The second-order valence-corrected chi connectivity index (χ2v) is 4.29. The molecule has 2 aromatic rings. The lowest BCUT2D eigenvalue weighted by Crippen LogP contribution is -2.06. The molecule has 0 saturated carbocycles. The zero-order valence-corrected chi connectivity index (χ0v) is 10.7. The van der Waals surface area contributed by atoms with E-state index < -0.39 is 16.6 Å². The molecule has 0 bridgehead atoms. The van der Waals surface area contributed by atoms with E-state index in [4.69, 9.17) is 0 Å². The van der Waals surface area contributed by atoms with E-state index in [2.05, 4.69) is 5.32 Å². The molecule has 0 amide bonds. The van der Waals surface area contributed by atoms with Gasteiger partial charge in [-0.25, -0.2) is 8.78 Å². The van der Waals surface area contributed by atoms with Gasteiger partial charge < -0.3 is 5.32 Å². The highest BCUT2D eigenvalue weighted by molar-refractivity contribution is 5.51. The normalized spacial score (nSPS) is 10.3. The molecule has 2 rings (SSSR count). The number of para-hydroxylation sites is 1. The smallest absolute Gasteiger partial charge is 0.274 e. The molecule has 6 heteroatoms. The van der Waals surface area contributed by atoms with Crippen molar-refractivity contribution < 1.29 is 13.7 Å². The van der Waals surface area contributed by atoms with Crippen molar-refractivity contribution in [1.29, 1.82) is 0 Å². The number of hydrogen-bond acceptors (Lipinski definition) is 3. The molecule has 0 spiro atoms. The van der Waals surface area contributed by atoms with Gasteiger partial charge in [-0.3, -0.25) is 10.1 Å². The standard InChI is InChI=1S/C14H12F2N2O2/c1-9-6-7-11(15)14(13(9)16)17-8-10-4-2-3-5-12(10)18(19)20/h2-7,17H,8H2,1H3. The largest absolute Gasteiger partial charge is 0.376 e. The van der Waals surface area contributed by atoms with Gasteiger partial charge in [0, 0.05) is 18.2 Å². The number of nitro groups is 1. The number of benzene rings is 2. The summed E-state index contributed by atoms with van der Waals surface area (Å²) in [4.78, 5) is 10.3. The summed E-state index contributed by atoms with van der Waals surface area (Å²) < 4.78 is 27.3. The summed E-state index contributed by atoms with van der Waals surface area (Å²) in [6, 6.07) is 8.54. The summed E-state index contributed by atoms with van der Waals surface area (Å²) in [6.45, 7) is 1.49. The fraction of sp³-hybridized carbons (Fsp3) is 0.143. The predicted molar refractivity (Wildman–Crippen MR) is 71.5 cm³/mol. The molecule has 20 heavy (non-hydrogen) atoms. The Morgan fingerprint density at radius 2 is 1.90 bits per heavy atom. The molecular weight excluding hydrogens is 266 g/mol. The van der Waals surface area contributed by atoms with Crippen LogP contribution in [0.2, 0.25) is 0 Å². The van der Waals surface area contributed by atoms with Gasteiger partial charge in [-0.05, 0) is 18.6 Å². The van der Waals surface area contributed by atoms with Crippen LogP contribution in [0, 0.1) is 28.7 Å². The van der Waals surface area contributed by atoms with Gasteiger partial charge in [0.1, 0.15) is 11.5 Å². The fourth-order valence-electron chi connectivity index (χ4n) is 1.84. The van der Waals surface area contributed by atoms with E-state index in [1.165, 1.54) is 31.2 Å². The van der Waals surface area contributed by atoms with Crippen molar-refractivity contribution in [2.75, 3.05) is 5.32 Å². The molecule has 0 aliphatic heterocycles. The first-order chi connectivity index (χ1) is 9.50. The number of anilines is 1. The number of hydrogen-bond donors (Lipinski definition) is 1. The van der Waals surface area contributed by atoms with Crippen LogP contribution < -0.4 is 5.32 Å². The van der Waals surface area contributed by atoms with E-state index in [0.29, 0.717) is 11.1 Å². The van der Waals surface area contributed by atoms with Gasteiger partial charge in [-0.2, -0.15) is 0 Å². The summed E-state index contributed by atoms with van der Waals surface area (Å²) in [6.07, 6.45) is 0. The van der Waals surface area contributed by atoms with E-state index in [-0.39, 0.29) is 17.9 Å². The van der Waals surface area contributed by atoms with Crippen molar-refractivity contribution >= 4 is 11.4 Å². The molecule has 0 aliphatic rings. The highest BCUT2D eigenvalue weighted by Crippen LogP contribution is 2.24. The van der Waals surface area contributed by atoms with Crippen LogP contribution in [-0.4, -0.2) is 4.92 Å². The predicted octanol–water partition coefficient (Wildman–Crippen LogP) is 3.79. The third kappa shape index (κ3) is 2.74. The number of nitro benzene ring substituents is 1. The Bertz CT molecular complexity index is 660. The van der Waals surface area contributed by atoms with Crippen LogP contribution in [0.3, 0.4) is 0 Å². The summed E-state index contributed by atoms with van der Waals surface area (Å²) in [5.41, 5.74) is 0.297. The summed E-state index contributed by atoms with van der Waals surface area (Å²) in [7, 11) is 0. The molecule has 1 N–H and O–H groups in total. The molecule has 0 heterocycles. The van der Waals surface area contributed by atoms with Crippen LogP contribution in [0.4, 0.5) is 20.2 Å². The number of nitrogens with one attached hydrogen (secondary N) is 1. The van der Waals surface area contributed by atoms with Gasteiger partial charge in [-0.1, -0.05) is 24.3 Å². The molecule has 104 valence electrons. The zero-order chi connectivity index (χ0) is 14.7. The van der Waals surface area contributed by atoms with Gasteiger partial charge in [0.25, 0.3) is 5.69 Å². The third-order valence-corrected chi connectivity index (χ3v) is 2.93. The van der Waals surface area contributed by atoms with Crippen LogP contribution in [0.5, 0.6) is 0 Å². The number of nitrogens with zero attached hydrogens (tertiary/aromatic N) is 1. The Labute approximate surface area is 114 Å². The average molecular weight is 278 g/mol. The van der Waals surface area contributed by atoms with Crippen molar-refractivity contribution in [2.24, 2.45) is 0 Å². The zero-order valence-electron chi connectivity index (χ0n) is 10.7. The number of halogens is 2. The Kier molecular flexibility index (Phi) is 3.93. The van der Waals surface area contributed by atoms with Crippen LogP contribution in [0.15, 0.2) is 36.4 Å². The van der Waals surface area contributed by atoms with Crippen molar-refractivity contribution in [3.05, 3.63) is 69.3 Å². The minimum absolute atomic E-state index is 0.0333. The van der Waals surface area contributed by atoms with Crippen molar-refractivity contribution in [3.63, 3.8) is 0 Å². The molecule has 4 nitrogen and oxygen atoms in total. The SMILES string of the molecule is Cc1ccc(F)c(NCc2ccccc2[N+](=O)[O-])c1F. The monoisotopic (exact) mass is 278 g/mol. The fourth-order valence-corrected chi connectivity index (χ4v) is 1.84. The van der Waals surface area contributed by atoms with Crippen LogP contribution in [-0.2, 0) is 6.54 Å². The quantitative estimate of drug-likeness (QED) is 0.683. The Morgan fingerprint density at radius 1 is 1.20 bits per heavy atom. The Morgan fingerprint density at radius 3 is 2.60 bits per heavy atom. The van der Waals surface area contributed by atoms with E-state index in [1.54, 1.807) is 6.07 Å². The molecule has 2 aromatic carbocycles. The van der Waals surface area contributed by atoms with Gasteiger partial charge in [0.05, 0.1) is 4.92 Å². The lowest BCUT2D eigenvalue weighted by molar-refractivity contribution is -0.385. The number of aryl methyl sites for hydroxylation is 1. The topological polar surface area (TPSA) is 55.2 Å². The second-order valence-electron chi connectivity index (χ2n) is 4.29. The molecule has 0 unspecified atom stereocenters. The van der Waals surface area contributed by atoms with Gasteiger partial charge in [0.15, 0.2) is 5.82 Å². The highest BCUT2D eigenvalue weighted by atomic mass is 19.1. The Balaban J connectivity index is 2.26. The van der Waals surface area contributed by atoms with Crippen molar-refractivity contribution in [2.45, 2.75) is 13.5 Å². The van der Waals surface area contributed by atoms with Gasteiger partial charge >= 0.3 is 0 Å².